The van der Waals surface area contributed by atoms with Crippen LogP contribution in [0.3, 0.4) is 0 Å². The lowest BCUT2D eigenvalue weighted by atomic mass is 10.0. The maximum atomic E-state index is 12.5. The number of benzene rings is 1. The zero-order valence-corrected chi connectivity index (χ0v) is 9.52. The first-order valence-corrected chi connectivity index (χ1v) is 5.41. The summed E-state index contributed by atoms with van der Waals surface area (Å²) in [6, 6.07) is 4.95. The molecule has 96 valence electrons. The summed E-state index contributed by atoms with van der Waals surface area (Å²) in [5.74, 6) is 0. The van der Waals surface area contributed by atoms with Gasteiger partial charge >= 0.3 is 6.18 Å². The van der Waals surface area contributed by atoms with E-state index in [9.17, 15) is 17.6 Å². The largest absolute Gasteiger partial charge is 0.416 e. The van der Waals surface area contributed by atoms with Crippen LogP contribution >= 0.6 is 0 Å². The van der Waals surface area contributed by atoms with Crippen LogP contribution in [0.5, 0.6) is 0 Å². The molecule has 1 atom stereocenters. The highest BCUT2D eigenvalue weighted by molar-refractivity contribution is 5.27. The average Bonchev–Trinajstić information content (AvgIpc) is 2.28. The van der Waals surface area contributed by atoms with Gasteiger partial charge in [-0.15, -0.1) is 0 Å². The summed E-state index contributed by atoms with van der Waals surface area (Å²) < 4.78 is 49.3. The van der Waals surface area contributed by atoms with Gasteiger partial charge in [-0.05, 0) is 37.6 Å². The smallest absolute Gasteiger partial charge is 0.310 e. The third-order valence-corrected chi connectivity index (χ3v) is 2.47. The minimum Gasteiger partial charge on any atom is -0.310 e. The van der Waals surface area contributed by atoms with Gasteiger partial charge in [-0.2, -0.15) is 13.2 Å². The molecule has 0 heterocycles. The fourth-order valence-corrected chi connectivity index (χ4v) is 1.49. The van der Waals surface area contributed by atoms with Crippen molar-refractivity contribution < 1.29 is 17.6 Å². The van der Waals surface area contributed by atoms with Crippen molar-refractivity contribution >= 4 is 0 Å². The summed E-state index contributed by atoms with van der Waals surface area (Å²) in [5, 5.41) is 2.97. The summed E-state index contributed by atoms with van der Waals surface area (Å²) in [4.78, 5) is 0. The van der Waals surface area contributed by atoms with E-state index in [4.69, 9.17) is 0 Å². The standard InChI is InChI=1S/C12H15F4N/c1-9(17-7-3-6-13)10-4-2-5-11(8-10)12(14,15)16/h2,4-5,8-9,17H,3,6-7H2,1H3. The first-order valence-electron chi connectivity index (χ1n) is 5.41. The van der Waals surface area contributed by atoms with Crippen LogP contribution in [0.1, 0.15) is 30.5 Å². The first kappa shape index (κ1) is 14.0. The second kappa shape index (κ2) is 6.00. The fourth-order valence-electron chi connectivity index (χ4n) is 1.49. The minimum absolute atomic E-state index is 0.219. The van der Waals surface area contributed by atoms with E-state index in [1.54, 1.807) is 13.0 Å². The molecule has 1 nitrogen and oxygen atoms in total. The predicted octanol–water partition coefficient (Wildman–Crippen LogP) is 3.72. The molecule has 0 aliphatic carbocycles. The zero-order valence-electron chi connectivity index (χ0n) is 9.52. The molecule has 0 aliphatic heterocycles. The molecule has 0 radical (unpaired) electrons. The van der Waals surface area contributed by atoms with Crippen molar-refractivity contribution in [1.82, 2.24) is 5.32 Å². The summed E-state index contributed by atoms with van der Waals surface area (Å²) in [6.45, 7) is 1.78. The van der Waals surface area contributed by atoms with E-state index in [0.29, 0.717) is 18.5 Å². The van der Waals surface area contributed by atoms with Crippen LogP contribution in [0, 0.1) is 0 Å². The molecule has 0 spiro atoms. The molecule has 1 aromatic rings. The van der Waals surface area contributed by atoms with Crippen molar-refractivity contribution in [2.45, 2.75) is 25.6 Å². The molecule has 0 fully saturated rings. The highest BCUT2D eigenvalue weighted by Crippen LogP contribution is 2.30. The monoisotopic (exact) mass is 249 g/mol. The summed E-state index contributed by atoms with van der Waals surface area (Å²) in [5.41, 5.74) is -0.104. The van der Waals surface area contributed by atoms with E-state index in [2.05, 4.69) is 5.32 Å². The van der Waals surface area contributed by atoms with Gasteiger partial charge in [-0.25, -0.2) is 0 Å². The number of hydrogen-bond donors (Lipinski definition) is 1. The molecule has 0 saturated heterocycles. The Bertz CT molecular complexity index is 349. The Morgan fingerprint density at radius 1 is 1.29 bits per heavy atom. The number of hydrogen-bond acceptors (Lipinski definition) is 1. The van der Waals surface area contributed by atoms with Gasteiger partial charge in [-0.3, -0.25) is 4.39 Å². The van der Waals surface area contributed by atoms with Gasteiger partial charge in [0.05, 0.1) is 12.2 Å². The van der Waals surface area contributed by atoms with Crippen molar-refractivity contribution in [3.8, 4) is 0 Å². The van der Waals surface area contributed by atoms with Crippen molar-refractivity contribution in [3.05, 3.63) is 35.4 Å². The SMILES string of the molecule is CC(NCCCF)c1cccc(C(F)(F)F)c1. The van der Waals surface area contributed by atoms with Crippen molar-refractivity contribution in [3.63, 3.8) is 0 Å². The van der Waals surface area contributed by atoms with E-state index in [-0.39, 0.29) is 6.04 Å². The van der Waals surface area contributed by atoms with E-state index < -0.39 is 18.4 Å². The van der Waals surface area contributed by atoms with Gasteiger partial charge in [0.25, 0.3) is 0 Å². The highest BCUT2D eigenvalue weighted by atomic mass is 19.4. The average molecular weight is 249 g/mol. The third-order valence-electron chi connectivity index (χ3n) is 2.47. The van der Waals surface area contributed by atoms with Crippen LogP contribution in [0.4, 0.5) is 17.6 Å². The van der Waals surface area contributed by atoms with Gasteiger partial charge in [0.1, 0.15) is 0 Å². The molecule has 0 aliphatic rings. The van der Waals surface area contributed by atoms with Gasteiger partial charge in [0.15, 0.2) is 0 Å². The van der Waals surface area contributed by atoms with Crippen LogP contribution in [-0.4, -0.2) is 13.2 Å². The van der Waals surface area contributed by atoms with Crippen LogP contribution in [-0.2, 0) is 6.18 Å². The summed E-state index contributed by atoms with van der Waals surface area (Å²) >= 11 is 0. The van der Waals surface area contributed by atoms with Crippen LogP contribution < -0.4 is 5.32 Å². The molecule has 0 saturated carbocycles. The van der Waals surface area contributed by atoms with Gasteiger partial charge < -0.3 is 5.32 Å². The molecule has 1 rings (SSSR count). The lowest BCUT2D eigenvalue weighted by Gasteiger charge is -2.15. The lowest BCUT2D eigenvalue weighted by molar-refractivity contribution is -0.137. The first-order chi connectivity index (χ1) is 7.95. The molecule has 0 bridgehead atoms. The van der Waals surface area contributed by atoms with Crippen molar-refractivity contribution in [2.75, 3.05) is 13.2 Å². The molecular weight excluding hydrogens is 234 g/mol. The quantitative estimate of drug-likeness (QED) is 0.619. The van der Waals surface area contributed by atoms with Crippen LogP contribution in [0.15, 0.2) is 24.3 Å². The number of alkyl halides is 4. The molecule has 1 aromatic carbocycles. The normalized spacial score (nSPS) is 13.7. The second-order valence-electron chi connectivity index (χ2n) is 3.84. The number of halogens is 4. The molecule has 1 unspecified atom stereocenters. The maximum Gasteiger partial charge on any atom is 0.416 e. The van der Waals surface area contributed by atoms with Crippen LogP contribution in [0.25, 0.3) is 0 Å². The topological polar surface area (TPSA) is 12.0 Å². The molecule has 5 heteroatoms. The zero-order chi connectivity index (χ0) is 12.9. The lowest BCUT2D eigenvalue weighted by Crippen LogP contribution is -2.20. The van der Waals surface area contributed by atoms with E-state index in [0.717, 1.165) is 12.1 Å². The van der Waals surface area contributed by atoms with Gasteiger partial charge in [0, 0.05) is 6.04 Å². The molecular formula is C12H15F4N. The summed E-state index contributed by atoms with van der Waals surface area (Å²) in [6.07, 6.45) is -3.96. The predicted molar refractivity (Wildman–Crippen MR) is 58.5 cm³/mol. The third kappa shape index (κ3) is 4.34. The fraction of sp³-hybridized carbons (Fsp3) is 0.500. The number of rotatable bonds is 5. The van der Waals surface area contributed by atoms with Crippen LogP contribution in [0.2, 0.25) is 0 Å². The Morgan fingerprint density at radius 3 is 2.59 bits per heavy atom. The van der Waals surface area contributed by atoms with E-state index >= 15 is 0 Å². The molecule has 17 heavy (non-hydrogen) atoms. The summed E-state index contributed by atoms with van der Waals surface area (Å²) in [7, 11) is 0. The van der Waals surface area contributed by atoms with Crippen molar-refractivity contribution in [2.24, 2.45) is 0 Å². The van der Waals surface area contributed by atoms with E-state index in [1.807, 2.05) is 0 Å². The molecule has 1 N–H and O–H groups in total. The Balaban J connectivity index is 2.71. The van der Waals surface area contributed by atoms with Gasteiger partial charge in [0.2, 0.25) is 0 Å². The minimum atomic E-state index is -4.32. The Hall–Kier alpha value is -1.10. The Kier molecular flexibility index (Phi) is 4.93. The Morgan fingerprint density at radius 2 is 2.00 bits per heavy atom. The van der Waals surface area contributed by atoms with E-state index in [1.165, 1.54) is 6.07 Å². The second-order valence-corrected chi connectivity index (χ2v) is 3.84. The molecule has 0 amide bonds. The van der Waals surface area contributed by atoms with Gasteiger partial charge in [-0.1, -0.05) is 12.1 Å². The highest BCUT2D eigenvalue weighted by Gasteiger charge is 2.30. The Labute approximate surface area is 97.8 Å². The van der Waals surface area contributed by atoms with Crippen molar-refractivity contribution in [1.29, 1.82) is 0 Å². The maximum absolute atomic E-state index is 12.5. The number of nitrogens with one attached hydrogen (secondary N) is 1. The molecule has 0 aromatic heterocycles.